The molecule has 0 radical (unpaired) electrons. The minimum Gasteiger partial charge on any atom is -0.393 e. The third-order valence-electron chi connectivity index (χ3n) is 2.20. The van der Waals surface area contributed by atoms with Crippen LogP contribution in [0.1, 0.15) is 25.3 Å². The third kappa shape index (κ3) is 4.68. The SMILES string of the molecule is CC(C)N(CCC(N)=S)Cc1nccs1. The quantitative estimate of drug-likeness (QED) is 0.776. The lowest BCUT2D eigenvalue weighted by Crippen LogP contribution is -2.33. The summed E-state index contributed by atoms with van der Waals surface area (Å²) >= 11 is 6.57. The fourth-order valence-corrected chi connectivity index (χ4v) is 2.01. The van der Waals surface area contributed by atoms with Gasteiger partial charge >= 0.3 is 0 Å². The smallest absolute Gasteiger partial charge is 0.107 e. The largest absolute Gasteiger partial charge is 0.393 e. The highest BCUT2D eigenvalue weighted by molar-refractivity contribution is 7.80. The van der Waals surface area contributed by atoms with Crippen LogP contribution in [0.15, 0.2) is 11.6 Å². The molecule has 0 bridgehead atoms. The van der Waals surface area contributed by atoms with Crippen LogP contribution in [0.5, 0.6) is 0 Å². The standard InChI is InChI=1S/C10H17N3S2/c1-8(2)13(5-3-9(11)14)7-10-12-4-6-15-10/h4,6,8H,3,5,7H2,1-2H3,(H2,11,14). The molecule has 0 aliphatic heterocycles. The second kappa shape index (κ2) is 6.15. The van der Waals surface area contributed by atoms with E-state index in [0.29, 0.717) is 11.0 Å². The summed E-state index contributed by atoms with van der Waals surface area (Å²) in [5.74, 6) is 0. The van der Waals surface area contributed by atoms with Crippen LogP contribution in [-0.2, 0) is 6.54 Å². The third-order valence-corrected chi connectivity index (χ3v) is 3.17. The maximum absolute atomic E-state index is 5.51. The zero-order chi connectivity index (χ0) is 11.3. The van der Waals surface area contributed by atoms with Crippen molar-refractivity contribution in [3.8, 4) is 0 Å². The molecule has 0 fully saturated rings. The maximum atomic E-state index is 5.51. The van der Waals surface area contributed by atoms with Crippen molar-refractivity contribution in [3.05, 3.63) is 16.6 Å². The highest BCUT2D eigenvalue weighted by Crippen LogP contribution is 2.11. The summed E-state index contributed by atoms with van der Waals surface area (Å²) in [6.45, 7) is 6.14. The average molecular weight is 243 g/mol. The lowest BCUT2D eigenvalue weighted by Gasteiger charge is -2.25. The molecule has 0 amide bonds. The maximum Gasteiger partial charge on any atom is 0.107 e. The Morgan fingerprint density at radius 2 is 2.40 bits per heavy atom. The van der Waals surface area contributed by atoms with Gasteiger partial charge in [0.1, 0.15) is 5.01 Å². The topological polar surface area (TPSA) is 42.1 Å². The van der Waals surface area contributed by atoms with E-state index in [1.807, 2.05) is 11.6 Å². The Hall–Kier alpha value is -0.520. The summed E-state index contributed by atoms with van der Waals surface area (Å²) in [7, 11) is 0. The van der Waals surface area contributed by atoms with Crippen LogP contribution in [0.3, 0.4) is 0 Å². The normalized spacial score (nSPS) is 11.2. The van der Waals surface area contributed by atoms with Crippen LogP contribution < -0.4 is 5.73 Å². The van der Waals surface area contributed by atoms with E-state index >= 15 is 0 Å². The van der Waals surface area contributed by atoms with Gasteiger partial charge in [-0.15, -0.1) is 11.3 Å². The van der Waals surface area contributed by atoms with Gasteiger partial charge in [0.05, 0.1) is 11.5 Å². The molecule has 0 aliphatic carbocycles. The molecule has 84 valence electrons. The summed E-state index contributed by atoms with van der Waals surface area (Å²) in [5, 5.41) is 3.15. The lowest BCUT2D eigenvalue weighted by molar-refractivity contribution is 0.219. The number of thiazole rings is 1. The molecule has 0 spiro atoms. The Morgan fingerprint density at radius 3 is 2.87 bits per heavy atom. The number of hydrogen-bond donors (Lipinski definition) is 1. The molecule has 0 atom stereocenters. The van der Waals surface area contributed by atoms with E-state index in [1.54, 1.807) is 11.3 Å². The van der Waals surface area contributed by atoms with Crippen molar-refractivity contribution in [2.45, 2.75) is 32.9 Å². The molecular weight excluding hydrogens is 226 g/mol. The summed E-state index contributed by atoms with van der Waals surface area (Å²) < 4.78 is 0. The predicted molar refractivity (Wildman–Crippen MR) is 69.1 cm³/mol. The van der Waals surface area contributed by atoms with Gasteiger partial charge in [0.25, 0.3) is 0 Å². The first-order valence-electron chi connectivity index (χ1n) is 5.00. The number of nitrogens with zero attached hydrogens (tertiary/aromatic N) is 2. The molecule has 3 nitrogen and oxygen atoms in total. The molecule has 2 N–H and O–H groups in total. The Morgan fingerprint density at radius 1 is 1.67 bits per heavy atom. The van der Waals surface area contributed by atoms with Gasteiger partial charge in [-0.2, -0.15) is 0 Å². The van der Waals surface area contributed by atoms with Gasteiger partial charge in [-0.1, -0.05) is 12.2 Å². The summed E-state index contributed by atoms with van der Waals surface area (Å²) in [6.07, 6.45) is 2.62. The minimum atomic E-state index is 0.489. The Bertz CT molecular complexity index is 296. The van der Waals surface area contributed by atoms with E-state index in [9.17, 15) is 0 Å². The molecule has 0 unspecified atom stereocenters. The highest BCUT2D eigenvalue weighted by Gasteiger charge is 2.11. The van der Waals surface area contributed by atoms with Crippen LogP contribution in [0.4, 0.5) is 0 Å². The van der Waals surface area contributed by atoms with E-state index in [4.69, 9.17) is 18.0 Å². The Labute approximate surface area is 100 Å². The molecule has 0 aromatic carbocycles. The fourth-order valence-electron chi connectivity index (χ4n) is 1.28. The van der Waals surface area contributed by atoms with Crippen molar-refractivity contribution in [2.24, 2.45) is 5.73 Å². The number of rotatable bonds is 6. The number of hydrogen-bond acceptors (Lipinski definition) is 4. The summed E-state index contributed by atoms with van der Waals surface area (Å²) in [6, 6.07) is 0.489. The van der Waals surface area contributed by atoms with Crippen molar-refractivity contribution in [2.75, 3.05) is 6.54 Å². The van der Waals surface area contributed by atoms with Crippen LogP contribution in [-0.4, -0.2) is 27.5 Å². The Balaban J connectivity index is 2.47. The van der Waals surface area contributed by atoms with Gasteiger partial charge < -0.3 is 5.73 Å². The van der Waals surface area contributed by atoms with E-state index in [0.717, 1.165) is 24.5 Å². The monoisotopic (exact) mass is 243 g/mol. The molecule has 1 rings (SSSR count). The second-order valence-corrected chi connectivity index (χ2v) is 5.21. The van der Waals surface area contributed by atoms with Gasteiger partial charge in [-0.3, -0.25) is 4.90 Å². The van der Waals surface area contributed by atoms with Crippen molar-refractivity contribution in [1.29, 1.82) is 0 Å². The van der Waals surface area contributed by atoms with Crippen molar-refractivity contribution in [3.63, 3.8) is 0 Å². The van der Waals surface area contributed by atoms with Gasteiger partial charge in [-0.05, 0) is 13.8 Å². The van der Waals surface area contributed by atoms with Gasteiger partial charge in [0.15, 0.2) is 0 Å². The van der Waals surface area contributed by atoms with E-state index in [2.05, 4.69) is 23.7 Å². The van der Waals surface area contributed by atoms with Gasteiger partial charge in [0, 0.05) is 30.6 Å². The number of nitrogens with two attached hydrogens (primary N) is 1. The van der Waals surface area contributed by atoms with E-state index in [-0.39, 0.29) is 0 Å². The Kier molecular flexibility index (Phi) is 5.14. The van der Waals surface area contributed by atoms with E-state index in [1.165, 1.54) is 0 Å². The van der Waals surface area contributed by atoms with Crippen LogP contribution >= 0.6 is 23.6 Å². The molecule has 0 aliphatic rings. The lowest BCUT2D eigenvalue weighted by atomic mass is 10.3. The predicted octanol–water partition coefficient (Wildman–Crippen LogP) is 2.03. The first-order valence-corrected chi connectivity index (χ1v) is 6.29. The first kappa shape index (κ1) is 12.5. The van der Waals surface area contributed by atoms with Crippen LogP contribution in [0, 0.1) is 0 Å². The average Bonchev–Trinajstić information content (AvgIpc) is 2.63. The minimum absolute atomic E-state index is 0.489. The highest BCUT2D eigenvalue weighted by atomic mass is 32.1. The van der Waals surface area contributed by atoms with Gasteiger partial charge in [0.2, 0.25) is 0 Å². The second-order valence-electron chi connectivity index (χ2n) is 3.71. The zero-order valence-electron chi connectivity index (χ0n) is 9.14. The molecular formula is C10H17N3S2. The zero-order valence-corrected chi connectivity index (χ0v) is 10.8. The van der Waals surface area contributed by atoms with Crippen molar-refractivity contribution in [1.82, 2.24) is 9.88 Å². The molecule has 1 aromatic heterocycles. The number of aromatic nitrogens is 1. The molecule has 0 saturated heterocycles. The van der Waals surface area contributed by atoms with Crippen LogP contribution in [0.2, 0.25) is 0 Å². The van der Waals surface area contributed by atoms with E-state index < -0.39 is 0 Å². The fraction of sp³-hybridized carbons (Fsp3) is 0.600. The summed E-state index contributed by atoms with van der Waals surface area (Å²) in [5.41, 5.74) is 5.51. The van der Waals surface area contributed by atoms with Crippen molar-refractivity contribution < 1.29 is 0 Å². The molecule has 1 heterocycles. The molecule has 0 saturated carbocycles. The molecule has 15 heavy (non-hydrogen) atoms. The van der Waals surface area contributed by atoms with Gasteiger partial charge in [-0.25, -0.2) is 4.98 Å². The molecule has 5 heteroatoms. The molecule has 1 aromatic rings. The first-order chi connectivity index (χ1) is 7.09. The van der Waals surface area contributed by atoms with Crippen molar-refractivity contribution >= 4 is 28.5 Å². The summed E-state index contributed by atoms with van der Waals surface area (Å²) in [4.78, 5) is 7.19. The van der Waals surface area contributed by atoms with Crippen LogP contribution in [0.25, 0.3) is 0 Å². The number of thiocarbonyl (C=S) groups is 1.